The number of benzene rings is 3. The SMILES string of the molecule is CCOc1ccccc1N(CC(=O)N(Cc1ccc(Cl)c(Cl)c1)[C@@H](CC)C(=O)NC(C)C)S(=O)(=O)c1ccc(SC)cc1. The number of thioether (sulfide) groups is 1. The van der Waals surface area contributed by atoms with Crippen molar-refractivity contribution in [3.05, 3.63) is 82.3 Å². The number of carbonyl (C=O) groups is 2. The number of hydrogen-bond acceptors (Lipinski definition) is 6. The fourth-order valence-corrected chi connectivity index (χ4v) is 6.62. The molecule has 0 unspecified atom stereocenters. The number of carbonyl (C=O) groups excluding carboxylic acids is 2. The van der Waals surface area contributed by atoms with Crippen LogP contribution in [0.25, 0.3) is 0 Å². The topological polar surface area (TPSA) is 96.0 Å². The summed E-state index contributed by atoms with van der Waals surface area (Å²) in [5, 5.41) is 3.53. The van der Waals surface area contributed by atoms with Crippen LogP contribution >= 0.6 is 35.0 Å². The molecular weight excluding hydrogens is 629 g/mol. The Morgan fingerprint density at radius 3 is 2.23 bits per heavy atom. The van der Waals surface area contributed by atoms with Gasteiger partial charge in [0.2, 0.25) is 11.8 Å². The molecule has 8 nitrogen and oxygen atoms in total. The molecule has 232 valence electrons. The maximum Gasteiger partial charge on any atom is 0.264 e. The van der Waals surface area contributed by atoms with Crippen LogP contribution in [0.3, 0.4) is 0 Å². The van der Waals surface area contributed by atoms with Crippen molar-refractivity contribution in [1.29, 1.82) is 0 Å². The summed E-state index contributed by atoms with van der Waals surface area (Å²) in [6, 6.07) is 17.0. The van der Waals surface area contributed by atoms with Gasteiger partial charge in [0.05, 0.1) is 27.2 Å². The van der Waals surface area contributed by atoms with Crippen LogP contribution < -0.4 is 14.4 Å². The molecule has 0 heterocycles. The van der Waals surface area contributed by atoms with Gasteiger partial charge in [-0.15, -0.1) is 11.8 Å². The number of hydrogen-bond donors (Lipinski definition) is 1. The van der Waals surface area contributed by atoms with Crippen molar-refractivity contribution in [2.45, 2.75) is 62.5 Å². The molecule has 1 N–H and O–H groups in total. The molecule has 0 aliphatic rings. The molecule has 0 aromatic heterocycles. The van der Waals surface area contributed by atoms with Crippen molar-refractivity contribution < 1.29 is 22.7 Å². The van der Waals surface area contributed by atoms with Crippen LogP contribution in [0.2, 0.25) is 10.0 Å². The first-order valence-corrected chi connectivity index (χ1v) is 17.3. The second kappa shape index (κ2) is 15.7. The van der Waals surface area contributed by atoms with Gasteiger partial charge in [-0.2, -0.15) is 0 Å². The summed E-state index contributed by atoms with van der Waals surface area (Å²) in [5.74, 6) is -0.613. The van der Waals surface area contributed by atoms with E-state index < -0.39 is 28.5 Å². The maximum absolute atomic E-state index is 14.3. The van der Waals surface area contributed by atoms with E-state index in [-0.39, 0.29) is 35.7 Å². The summed E-state index contributed by atoms with van der Waals surface area (Å²) < 4.78 is 35.2. The van der Waals surface area contributed by atoms with E-state index in [2.05, 4.69) is 5.32 Å². The molecule has 3 aromatic rings. The summed E-state index contributed by atoms with van der Waals surface area (Å²) in [6.07, 6.45) is 2.19. The Kier molecular flexibility index (Phi) is 12.6. The number of nitrogens with zero attached hydrogens (tertiary/aromatic N) is 2. The second-order valence-electron chi connectivity index (χ2n) is 9.95. The van der Waals surface area contributed by atoms with Crippen LogP contribution in [-0.4, -0.2) is 56.6 Å². The van der Waals surface area contributed by atoms with Gasteiger partial charge < -0.3 is 15.0 Å². The zero-order valence-electron chi connectivity index (χ0n) is 24.8. The Labute approximate surface area is 268 Å². The van der Waals surface area contributed by atoms with Crippen LogP contribution in [0.15, 0.2) is 76.5 Å². The maximum atomic E-state index is 14.3. The highest BCUT2D eigenvalue weighted by Crippen LogP contribution is 2.33. The summed E-state index contributed by atoms with van der Waals surface area (Å²) in [6.45, 7) is 6.96. The zero-order valence-corrected chi connectivity index (χ0v) is 28.0. The van der Waals surface area contributed by atoms with E-state index in [1.165, 1.54) is 28.8 Å². The fourth-order valence-electron chi connectivity index (χ4n) is 4.46. The van der Waals surface area contributed by atoms with Gasteiger partial charge in [0.25, 0.3) is 10.0 Å². The van der Waals surface area contributed by atoms with Crippen molar-refractivity contribution in [3.63, 3.8) is 0 Å². The van der Waals surface area contributed by atoms with Crippen molar-refractivity contribution in [3.8, 4) is 5.75 Å². The van der Waals surface area contributed by atoms with E-state index >= 15 is 0 Å². The highest BCUT2D eigenvalue weighted by atomic mass is 35.5. The molecule has 0 aliphatic heterocycles. The van der Waals surface area contributed by atoms with Gasteiger partial charge in [-0.1, -0.05) is 48.3 Å². The molecule has 0 fully saturated rings. The molecule has 2 amide bonds. The molecule has 3 aromatic carbocycles. The summed E-state index contributed by atoms with van der Waals surface area (Å²) in [5.41, 5.74) is 0.844. The van der Waals surface area contributed by atoms with Crippen molar-refractivity contribution in [1.82, 2.24) is 10.2 Å². The van der Waals surface area contributed by atoms with Gasteiger partial charge in [-0.05, 0) is 87.5 Å². The smallest absolute Gasteiger partial charge is 0.264 e. The lowest BCUT2D eigenvalue weighted by Gasteiger charge is -2.34. The molecule has 0 spiro atoms. The minimum Gasteiger partial charge on any atom is -0.492 e. The Bertz CT molecular complexity index is 1520. The molecule has 1 atom stereocenters. The van der Waals surface area contributed by atoms with Crippen LogP contribution in [0, 0.1) is 0 Å². The van der Waals surface area contributed by atoms with Crippen molar-refractivity contribution in [2.75, 3.05) is 23.7 Å². The van der Waals surface area contributed by atoms with Gasteiger partial charge >= 0.3 is 0 Å². The first-order valence-electron chi connectivity index (χ1n) is 13.8. The van der Waals surface area contributed by atoms with Gasteiger partial charge in [-0.25, -0.2) is 8.42 Å². The minimum atomic E-state index is -4.25. The zero-order chi connectivity index (χ0) is 31.7. The van der Waals surface area contributed by atoms with E-state index in [0.717, 1.165) is 9.20 Å². The van der Waals surface area contributed by atoms with Crippen LogP contribution in [0.4, 0.5) is 5.69 Å². The lowest BCUT2D eigenvalue weighted by atomic mass is 10.1. The predicted octanol–water partition coefficient (Wildman–Crippen LogP) is 6.64. The largest absolute Gasteiger partial charge is 0.492 e. The molecule has 0 bridgehead atoms. The molecular formula is C31H37Cl2N3O5S2. The van der Waals surface area contributed by atoms with E-state index in [9.17, 15) is 18.0 Å². The van der Waals surface area contributed by atoms with E-state index in [0.29, 0.717) is 27.8 Å². The van der Waals surface area contributed by atoms with Gasteiger partial charge in [0, 0.05) is 17.5 Å². The van der Waals surface area contributed by atoms with Gasteiger partial charge in [0.15, 0.2) is 0 Å². The third kappa shape index (κ3) is 8.81. The molecule has 3 rings (SSSR count). The molecule has 12 heteroatoms. The highest BCUT2D eigenvalue weighted by Gasteiger charge is 2.35. The number of ether oxygens (including phenoxy) is 1. The Balaban J connectivity index is 2.13. The van der Waals surface area contributed by atoms with Crippen LogP contribution in [0.1, 0.15) is 39.7 Å². The lowest BCUT2D eigenvalue weighted by molar-refractivity contribution is -0.140. The third-order valence-corrected chi connectivity index (χ3v) is 9.77. The first kappa shape index (κ1) is 34.6. The van der Waals surface area contributed by atoms with Crippen LogP contribution in [-0.2, 0) is 26.2 Å². The van der Waals surface area contributed by atoms with Gasteiger partial charge in [-0.3, -0.25) is 13.9 Å². The first-order chi connectivity index (χ1) is 20.4. The number of halogens is 2. The van der Waals surface area contributed by atoms with E-state index in [4.69, 9.17) is 27.9 Å². The number of rotatable bonds is 14. The number of anilines is 1. The summed E-state index contributed by atoms with van der Waals surface area (Å²) >= 11 is 13.9. The molecule has 43 heavy (non-hydrogen) atoms. The Morgan fingerprint density at radius 1 is 0.977 bits per heavy atom. The summed E-state index contributed by atoms with van der Waals surface area (Å²) in [4.78, 5) is 29.9. The standard InChI is InChI=1S/C31H37Cl2N3O5S2/c1-6-27(31(38)34-21(3)4)35(19-22-12-17-25(32)26(33)18-22)30(37)20-36(28-10-8-9-11-29(28)41-7-2)43(39,40)24-15-13-23(42-5)14-16-24/h8-18,21,27H,6-7,19-20H2,1-5H3,(H,34,38)/t27-/m0/s1. The molecule has 0 saturated carbocycles. The highest BCUT2D eigenvalue weighted by molar-refractivity contribution is 7.98. The fraction of sp³-hybridized carbons (Fsp3) is 0.355. The predicted molar refractivity (Wildman–Crippen MR) is 175 cm³/mol. The molecule has 0 aliphatic carbocycles. The third-order valence-electron chi connectivity index (χ3n) is 6.51. The number of para-hydroxylation sites is 2. The normalized spacial score (nSPS) is 12.1. The van der Waals surface area contributed by atoms with E-state index in [1.54, 1.807) is 68.4 Å². The average molecular weight is 667 g/mol. The Morgan fingerprint density at radius 2 is 1.65 bits per heavy atom. The molecule has 0 saturated heterocycles. The monoisotopic (exact) mass is 665 g/mol. The lowest BCUT2D eigenvalue weighted by Crippen LogP contribution is -2.53. The van der Waals surface area contributed by atoms with E-state index in [1.807, 2.05) is 20.1 Å². The Hall–Kier alpha value is -2.92. The van der Waals surface area contributed by atoms with Crippen molar-refractivity contribution in [2.24, 2.45) is 0 Å². The number of nitrogens with one attached hydrogen (secondary N) is 1. The van der Waals surface area contributed by atoms with Gasteiger partial charge in [0.1, 0.15) is 18.3 Å². The minimum absolute atomic E-state index is 0.00313. The van der Waals surface area contributed by atoms with Crippen LogP contribution in [0.5, 0.6) is 5.75 Å². The average Bonchev–Trinajstić information content (AvgIpc) is 2.97. The number of amides is 2. The summed E-state index contributed by atoms with van der Waals surface area (Å²) in [7, 11) is -4.25. The number of sulfonamides is 1. The quantitative estimate of drug-likeness (QED) is 0.194. The molecule has 0 radical (unpaired) electrons. The second-order valence-corrected chi connectivity index (χ2v) is 13.5. The van der Waals surface area contributed by atoms with Crippen molar-refractivity contribution >= 4 is 62.5 Å².